The molecule has 0 spiro atoms. The number of aryl methyl sites for hydroxylation is 1. The molecule has 0 radical (unpaired) electrons. The molecule has 3 rings (SSSR count). The minimum absolute atomic E-state index is 0.160. The SMILES string of the molecule is CCCNC(=O)c1nn(CC)cc1NC(=O)c1ccn(COc2ccc(Br)cc2)n1. The van der Waals surface area contributed by atoms with Gasteiger partial charge < -0.3 is 15.4 Å². The quantitative estimate of drug-likeness (QED) is 0.495. The predicted molar refractivity (Wildman–Crippen MR) is 115 cm³/mol. The Labute approximate surface area is 182 Å². The monoisotopic (exact) mass is 474 g/mol. The lowest BCUT2D eigenvalue weighted by Gasteiger charge is -2.06. The molecule has 0 fully saturated rings. The summed E-state index contributed by atoms with van der Waals surface area (Å²) in [5.74, 6) is -0.0696. The van der Waals surface area contributed by atoms with E-state index in [1.54, 1.807) is 23.1 Å². The smallest absolute Gasteiger partial charge is 0.276 e. The van der Waals surface area contributed by atoms with Gasteiger partial charge in [0.05, 0.1) is 5.69 Å². The molecule has 0 saturated heterocycles. The first-order valence-electron chi connectivity index (χ1n) is 9.59. The Morgan fingerprint density at radius 3 is 2.53 bits per heavy atom. The fraction of sp³-hybridized carbons (Fsp3) is 0.300. The molecule has 1 aromatic carbocycles. The van der Waals surface area contributed by atoms with Crippen LogP contribution in [-0.2, 0) is 13.3 Å². The van der Waals surface area contributed by atoms with Gasteiger partial charge >= 0.3 is 0 Å². The predicted octanol–water partition coefficient (Wildman–Crippen LogP) is 3.29. The highest BCUT2D eigenvalue weighted by Crippen LogP contribution is 2.17. The van der Waals surface area contributed by atoms with Crippen molar-refractivity contribution in [2.24, 2.45) is 0 Å². The largest absolute Gasteiger partial charge is 0.471 e. The molecule has 0 atom stereocenters. The molecule has 0 aliphatic heterocycles. The van der Waals surface area contributed by atoms with Gasteiger partial charge in [-0.15, -0.1) is 0 Å². The van der Waals surface area contributed by atoms with E-state index in [1.807, 2.05) is 38.1 Å². The third-order valence-electron chi connectivity index (χ3n) is 4.13. The van der Waals surface area contributed by atoms with Gasteiger partial charge in [0.2, 0.25) is 0 Å². The molecule has 9 nitrogen and oxygen atoms in total. The van der Waals surface area contributed by atoms with Crippen molar-refractivity contribution in [1.82, 2.24) is 24.9 Å². The van der Waals surface area contributed by atoms with Gasteiger partial charge in [0.15, 0.2) is 18.1 Å². The highest BCUT2D eigenvalue weighted by Gasteiger charge is 2.19. The van der Waals surface area contributed by atoms with Crippen LogP contribution in [0, 0.1) is 0 Å². The van der Waals surface area contributed by atoms with Gasteiger partial charge in [-0.3, -0.25) is 14.3 Å². The highest BCUT2D eigenvalue weighted by molar-refractivity contribution is 9.10. The summed E-state index contributed by atoms with van der Waals surface area (Å²) in [6.07, 6.45) is 4.09. The molecule has 2 heterocycles. The molecule has 158 valence electrons. The molecule has 2 amide bonds. The number of halogens is 1. The lowest BCUT2D eigenvalue weighted by atomic mass is 10.3. The third-order valence-corrected chi connectivity index (χ3v) is 4.66. The first-order valence-corrected chi connectivity index (χ1v) is 10.4. The van der Waals surface area contributed by atoms with Crippen molar-refractivity contribution in [3.8, 4) is 5.75 Å². The van der Waals surface area contributed by atoms with Crippen LogP contribution >= 0.6 is 15.9 Å². The first-order chi connectivity index (χ1) is 14.5. The zero-order valence-corrected chi connectivity index (χ0v) is 18.3. The van der Waals surface area contributed by atoms with E-state index in [1.165, 1.54) is 4.68 Å². The van der Waals surface area contributed by atoms with Crippen LogP contribution in [0.15, 0.2) is 47.2 Å². The van der Waals surface area contributed by atoms with E-state index >= 15 is 0 Å². The van der Waals surface area contributed by atoms with Crippen molar-refractivity contribution in [1.29, 1.82) is 0 Å². The Kier molecular flexibility index (Phi) is 7.23. The van der Waals surface area contributed by atoms with Crippen LogP contribution in [0.3, 0.4) is 0 Å². The summed E-state index contributed by atoms with van der Waals surface area (Å²) in [6.45, 7) is 5.14. The van der Waals surface area contributed by atoms with Crippen LogP contribution in [0.5, 0.6) is 5.75 Å². The van der Waals surface area contributed by atoms with Gasteiger partial charge in [0, 0.05) is 30.0 Å². The summed E-state index contributed by atoms with van der Waals surface area (Å²) in [4.78, 5) is 25.0. The maximum atomic E-state index is 12.6. The van der Waals surface area contributed by atoms with Gasteiger partial charge in [-0.2, -0.15) is 10.2 Å². The van der Waals surface area contributed by atoms with Crippen LogP contribution < -0.4 is 15.4 Å². The Morgan fingerprint density at radius 1 is 1.07 bits per heavy atom. The molecule has 0 saturated carbocycles. The summed E-state index contributed by atoms with van der Waals surface area (Å²) >= 11 is 3.37. The minimum atomic E-state index is -0.433. The molecule has 3 aromatic rings. The number of hydrogen-bond donors (Lipinski definition) is 2. The number of aromatic nitrogens is 4. The highest BCUT2D eigenvalue weighted by atomic mass is 79.9. The van der Waals surface area contributed by atoms with Crippen molar-refractivity contribution >= 4 is 33.4 Å². The lowest BCUT2D eigenvalue weighted by molar-refractivity contribution is 0.0948. The summed E-state index contributed by atoms with van der Waals surface area (Å²) in [5, 5.41) is 14.0. The Balaban J connectivity index is 1.65. The van der Waals surface area contributed by atoms with Gasteiger partial charge in [-0.1, -0.05) is 22.9 Å². The second kappa shape index (κ2) is 10.1. The molecule has 2 aromatic heterocycles. The van der Waals surface area contributed by atoms with E-state index in [4.69, 9.17) is 4.74 Å². The fourth-order valence-electron chi connectivity index (χ4n) is 2.58. The fourth-order valence-corrected chi connectivity index (χ4v) is 2.84. The van der Waals surface area contributed by atoms with E-state index in [9.17, 15) is 9.59 Å². The molecule has 0 bridgehead atoms. The Hall–Kier alpha value is -3.14. The van der Waals surface area contributed by atoms with Crippen molar-refractivity contribution in [3.05, 3.63) is 58.6 Å². The summed E-state index contributed by atoms with van der Waals surface area (Å²) < 4.78 is 9.72. The number of rotatable bonds is 9. The number of hydrogen-bond acceptors (Lipinski definition) is 5. The van der Waals surface area contributed by atoms with Crippen LogP contribution in [0.2, 0.25) is 0 Å². The van der Waals surface area contributed by atoms with E-state index in [2.05, 4.69) is 36.8 Å². The molecule has 0 aliphatic rings. The van der Waals surface area contributed by atoms with Crippen LogP contribution in [0.25, 0.3) is 0 Å². The van der Waals surface area contributed by atoms with Crippen molar-refractivity contribution in [2.75, 3.05) is 11.9 Å². The molecule has 0 aliphatic carbocycles. The maximum Gasteiger partial charge on any atom is 0.276 e. The molecule has 0 unspecified atom stereocenters. The van der Waals surface area contributed by atoms with Gasteiger partial charge in [0.1, 0.15) is 5.75 Å². The molecular formula is C20H23BrN6O3. The van der Waals surface area contributed by atoms with Crippen molar-refractivity contribution in [2.45, 2.75) is 33.5 Å². The maximum absolute atomic E-state index is 12.6. The molecule has 30 heavy (non-hydrogen) atoms. The van der Waals surface area contributed by atoms with E-state index in [-0.39, 0.29) is 24.0 Å². The van der Waals surface area contributed by atoms with Crippen LogP contribution in [-0.4, -0.2) is 37.9 Å². The Bertz CT molecular complexity index is 1010. The molecule has 10 heteroatoms. The first kappa shape index (κ1) is 21.6. The summed E-state index contributed by atoms with van der Waals surface area (Å²) in [7, 11) is 0. The zero-order valence-electron chi connectivity index (χ0n) is 16.8. The number of nitrogens with one attached hydrogen (secondary N) is 2. The lowest BCUT2D eigenvalue weighted by Crippen LogP contribution is -2.26. The average molecular weight is 475 g/mol. The van der Waals surface area contributed by atoms with E-state index in [0.29, 0.717) is 24.5 Å². The minimum Gasteiger partial charge on any atom is -0.471 e. The number of benzene rings is 1. The van der Waals surface area contributed by atoms with E-state index < -0.39 is 5.91 Å². The second-order valence-corrected chi connectivity index (χ2v) is 7.34. The second-order valence-electron chi connectivity index (χ2n) is 6.42. The third kappa shape index (κ3) is 5.47. The van der Waals surface area contributed by atoms with Crippen molar-refractivity contribution in [3.63, 3.8) is 0 Å². The summed E-state index contributed by atoms with van der Waals surface area (Å²) in [5.41, 5.74) is 0.728. The topological polar surface area (TPSA) is 103 Å². The van der Waals surface area contributed by atoms with Gasteiger partial charge in [-0.25, -0.2) is 4.68 Å². The van der Waals surface area contributed by atoms with Crippen LogP contribution in [0.4, 0.5) is 5.69 Å². The number of amides is 2. The Morgan fingerprint density at radius 2 is 1.83 bits per heavy atom. The number of carbonyl (C=O) groups is 2. The van der Waals surface area contributed by atoms with Gasteiger partial charge in [-0.05, 0) is 43.7 Å². The molecular weight excluding hydrogens is 452 g/mol. The van der Waals surface area contributed by atoms with Crippen LogP contribution in [0.1, 0.15) is 41.2 Å². The number of carbonyl (C=O) groups excluding carboxylic acids is 2. The van der Waals surface area contributed by atoms with E-state index in [0.717, 1.165) is 10.9 Å². The molecule has 2 N–H and O–H groups in total. The van der Waals surface area contributed by atoms with Crippen molar-refractivity contribution < 1.29 is 14.3 Å². The summed E-state index contributed by atoms with van der Waals surface area (Å²) in [6, 6.07) is 9.00. The van der Waals surface area contributed by atoms with Gasteiger partial charge in [0.25, 0.3) is 11.8 Å². The normalized spacial score (nSPS) is 10.6. The standard InChI is InChI=1S/C20H23BrN6O3/c1-3-10-22-20(29)18-17(12-26(4-2)25-18)23-19(28)16-9-11-27(24-16)13-30-15-7-5-14(21)6-8-15/h5-9,11-12H,3-4,10,13H2,1-2H3,(H,22,29)(H,23,28). The number of ether oxygens (including phenoxy) is 1. The number of nitrogens with zero attached hydrogens (tertiary/aromatic N) is 4. The average Bonchev–Trinajstić information content (AvgIpc) is 3.38. The zero-order chi connectivity index (χ0) is 21.5. The number of anilines is 1.